The maximum Gasteiger partial charge on any atom is 0.116 e. The molecule has 0 radical (unpaired) electrons. The molecular formula is C6H12O4S. The lowest BCUT2D eigenvalue weighted by molar-refractivity contribution is 0.0157. The van der Waals surface area contributed by atoms with E-state index in [9.17, 15) is 0 Å². The molecule has 0 fully saturated rings. The van der Waals surface area contributed by atoms with Crippen molar-refractivity contribution >= 4 is 17.1 Å². The maximum atomic E-state index is 9.05. The highest BCUT2D eigenvalue weighted by Crippen LogP contribution is 2.00. The van der Waals surface area contributed by atoms with E-state index in [2.05, 4.69) is 12.2 Å². The molecule has 0 aromatic heterocycles. The first-order valence-corrected chi connectivity index (χ1v) is 3.60. The van der Waals surface area contributed by atoms with Gasteiger partial charge in [0, 0.05) is 0 Å². The first kappa shape index (κ1) is 10.9. The van der Waals surface area contributed by atoms with Crippen LogP contribution in [0.1, 0.15) is 6.92 Å². The normalized spacial score (nSPS) is 19.0. The molecule has 0 aliphatic heterocycles. The fraction of sp³-hybridized carbons (Fsp3) is 0.833. The van der Waals surface area contributed by atoms with Crippen molar-refractivity contribution in [2.24, 2.45) is 0 Å². The minimum atomic E-state index is -1.34. The summed E-state index contributed by atoms with van der Waals surface area (Å²) in [7, 11) is 0. The Morgan fingerprint density at radius 3 is 2.09 bits per heavy atom. The smallest absolute Gasteiger partial charge is 0.116 e. The fourth-order valence-electron chi connectivity index (χ4n) is 0.537. The average Bonchev–Trinajstić information content (AvgIpc) is 2.00. The van der Waals surface area contributed by atoms with Gasteiger partial charge in [-0.1, -0.05) is 12.2 Å². The molecule has 66 valence electrons. The third-order valence-corrected chi connectivity index (χ3v) is 1.84. The van der Waals surface area contributed by atoms with Crippen LogP contribution >= 0.6 is 12.2 Å². The van der Waals surface area contributed by atoms with Crippen LogP contribution in [0.3, 0.4) is 0 Å². The standard InChI is InChI=1S/C6H12O4S/c1-3(8)6(11)5(10)4(9)2-7/h3-5,7-10H,2H2,1H3/t3?,4-,5-/m1/s1. The van der Waals surface area contributed by atoms with Gasteiger partial charge >= 0.3 is 0 Å². The summed E-state index contributed by atoms with van der Waals surface area (Å²) in [5.41, 5.74) is 0. The van der Waals surface area contributed by atoms with Crippen LogP contribution in [-0.2, 0) is 0 Å². The van der Waals surface area contributed by atoms with Crippen molar-refractivity contribution in [3.8, 4) is 0 Å². The summed E-state index contributed by atoms with van der Waals surface area (Å²) < 4.78 is 0. The van der Waals surface area contributed by atoms with E-state index in [-0.39, 0.29) is 4.86 Å². The van der Waals surface area contributed by atoms with Gasteiger partial charge in [-0.05, 0) is 6.92 Å². The summed E-state index contributed by atoms with van der Waals surface area (Å²) in [6, 6.07) is 0. The minimum Gasteiger partial charge on any atom is -0.394 e. The number of aliphatic hydroxyl groups is 4. The summed E-state index contributed by atoms with van der Waals surface area (Å²) in [5.74, 6) is 0. The van der Waals surface area contributed by atoms with E-state index < -0.39 is 24.9 Å². The van der Waals surface area contributed by atoms with E-state index >= 15 is 0 Å². The largest absolute Gasteiger partial charge is 0.394 e. The Labute approximate surface area is 70.1 Å². The fourth-order valence-corrected chi connectivity index (χ4v) is 0.694. The summed E-state index contributed by atoms with van der Waals surface area (Å²) in [5, 5.41) is 35.1. The van der Waals surface area contributed by atoms with E-state index in [0.717, 1.165) is 0 Å². The SMILES string of the molecule is CC(O)C(=S)[C@H](O)[C@H](O)CO. The third-order valence-electron chi connectivity index (χ3n) is 1.25. The molecule has 0 aromatic rings. The second kappa shape index (κ2) is 4.74. The molecule has 0 saturated heterocycles. The van der Waals surface area contributed by atoms with Crippen molar-refractivity contribution < 1.29 is 20.4 Å². The Morgan fingerprint density at radius 2 is 1.82 bits per heavy atom. The summed E-state index contributed by atoms with van der Waals surface area (Å²) in [6.45, 7) is 0.809. The van der Waals surface area contributed by atoms with Crippen molar-refractivity contribution in [2.75, 3.05) is 6.61 Å². The second-order valence-corrected chi connectivity index (χ2v) is 2.74. The van der Waals surface area contributed by atoms with Gasteiger partial charge in [0.15, 0.2) is 0 Å². The van der Waals surface area contributed by atoms with Crippen LogP contribution in [0.5, 0.6) is 0 Å². The van der Waals surface area contributed by atoms with Crippen molar-refractivity contribution in [3.63, 3.8) is 0 Å². The van der Waals surface area contributed by atoms with Crippen molar-refractivity contribution in [1.29, 1.82) is 0 Å². The summed E-state index contributed by atoms with van der Waals surface area (Å²) >= 11 is 4.57. The Balaban J connectivity index is 4.02. The van der Waals surface area contributed by atoms with Gasteiger partial charge in [0.25, 0.3) is 0 Å². The second-order valence-electron chi connectivity index (χ2n) is 2.27. The van der Waals surface area contributed by atoms with Gasteiger partial charge in [-0.2, -0.15) is 0 Å². The molecule has 0 bridgehead atoms. The zero-order valence-corrected chi connectivity index (χ0v) is 6.95. The van der Waals surface area contributed by atoms with Crippen molar-refractivity contribution in [1.82, 2.24) is 0 Å². The van der Waals surface area contributed by atoms with Crippen LogP contribution in [-0.4, -0.2) is 50.2 Å². The molecule has 5 heteroatoms. The number of hydrogen-bond donors (Lipinski definition) is 4. The van der Waals surface area contributed by atoms with E-state index in [4.69, 9.17) is 20.4 Å². The first-order chi connectivity index (χ1) is 5.00. The van der Waals surface area contributed by atoms with E-state index in [1.54, 1.807) is 0 Å². The molecular weight excluding hydrogens is 168 g/mol. The van der Waals surface area contributed by atoms with Crippen molar-refractivity contribution in [3.05, 3.63) is 0 Å². The highest BCUT2D eigenvalue weighted by Gasteiger charge is 2.22. The van der Waals surface area contributed by atoms with Gasteiger partial charge in [-0.3, -0.25) is 0 Å². The monoisotopic (exact) mass is 180 g/mol. The molecule has 0 aliphatic rings. The van der Waals surface area contributed by atoms with Crippen molar-refractivity contribution in [2.45, 2.75) is 25.2 Å². The third kappa shape index (κ3) is 3.22. The highest BCUT2D eigenvalue weighted by atomic mass is 32.1. The van der Waals surface area contributed by atoms with Crippen LogP contribution in [0, 0.1) is 0 Å². The number of rotatable bonds is 4. The molecule has 11 heavy (non-hydrogen) atoms. The van der Waals surface area contributed by atoms with Crippen LogP contribution in [0.4, 0.5) is 0 Å². The van der Waals surface area contributed by atoms with Gasteiger partial charge in [0.1, 0.15) is 12.2 Å². The number of hydrogen-bond acceptors (Lipinski definition) is 5. The first-order valence-electron chi connectivity index (χ1n) is 3.19. The molecule has 0 heterocycles. The van der Waals surface area contributed by atoms with Crippen LogP contribution in [0.15, 0.2) is 0 Å². The lowest BCUT2D eigenvalue weighted by Crippen LogP contribution is -2.39. The highest BCUT2D eigenvalue weighted by molar-refractivity contribution is 7.80. The Hall–Kier alpha value is -0.0700. The van der Waals surface area contributed by atoms with Gasteiger partial charge in [-0.25, -0.2) is 0 Å². The molecule has 0 saturated carbocycles. The molecule has 0 aliphatic carbocycles. The zero-order valence-electron chi connectivity index (χ0n) is 6.14. The number of aliphatic hydroxyl groups excluding tert-OH is 4. The van der Waals surface area contributed by atoms with Gasteiger partial charge in [0.2, 0.25) is 0 Å². The Morgan fingerprint density at radius 1 is 1.36 bits per heavy atom. The quantitative estimate of drug-likeness (QED) is 0.394. The average molecular weight is 180 g/mol. The Kier molecular flexibility index (Phi) is 4.71. The van der Waals surface area contributed by atoms with E-state index in [1.165, 1.54) is 6.92 Å². The molecule has 0 aromatic carbocycles. The summed E-state index contributed by atoms with van der Waals surface area (Å²) in [6.07, 6.45) is -3.60. The Bertz CT molecular complexity index is 137. The van der Waals surface area contributed by atoms with Gasteiger partial charge < -0.3 is 20.4 Å². The lowest BCUT2D eigenvalue weighted by atomic mass is 10.1. The van der Waals surface area contributed by atoms with Gasteiger partial charge in [0.05, 0.1) is 17.6 Å². The molecule has 0 rings (SSSR count). The predicted molar refractivity (Wildman–Crippen MR) is 43.4 cm³/mol. The molecule has 3 atom stereocenters. The molecule has 4 nitrogen and oxygen atoms in total. The molecule has 0 amide bonds. The van der Waals surface area contributed by atoms with Crippen LogP contribution in [0.2, 0.25) is 0 Å². The number of thiocarbonyl (C=S) groups is 1. The van der Waals surface area contributed by atoms with E-state index in [1.807, 2.05) is 0 Å². The topological polar surface area (TPSA) is 80.9 Å². The molecule has 1 unspecified atom stereocenters. The summed E-state index contributed by atoms with van der Waals surface area (Å²) in [4.78, 5) is -0.0634. The van der Waals surface area contributed by atoms with Crippen LogP contribution < -0.4 is 0 Å². The maximum absolute atomic E-state index is 9.05. The van der Waals surface area contributed by atoms with Crippen LogP contribution in [0.25, 0.3) is 0 Å². The minimum absolute atomic E-state index is 0.0634. The molecule has 4 N–H and O–H groups in total. The zero-order chi connectivity index (χ0) is 9.02. The van der Waals surface area contributed by atoms with E-state index in [0.29, 0.717) is 0 Å². The van der Waals surface area contributed by atoms with Gasteiger partial charge in [-0.15, -0.1) is 0 Å². The lowest BCUT2D eigenvalue weighted by Gasteiger charge is -2.17. The predicted octanol–water partition coefficient (Wildman–Crippen LogP) is -1.55. The molecule has 0 spiro atoms.